The predicted octanol–water partition coefficient (Wildman–Crippen LogP) is 2.69. The summed E-state index contributed by atoms with van der Waals surface area (Å²) in [6, 6.07) is 6.95. The summed E-state index contributed by atoms with van der Waals surface area (Å²) in [6.45, 7) is 6.49. The maximum atomic E-state index is 12.4. The molecule has 3 heteroatoms. The van der Waals surface area contributed by atoms with Crippen LogP contribution in [0.15, 0.2) is 18.2 Å². The first-order valence-corrected chi connectivity index (χ1v) is 6.43. The molecule has 94 valence electrons. The van der Waals surface area contributed by atoms with Gasteiger partial charge >= 0.3 is 0 Å². The van der Waals surface area contributed by atoms with Crippen LogP contribution in [0.2, 0.25) is 0 Å². The molecule has 1 aromatic rings. The van der Waals surface area contributed by atoms with E-state index < -0.39 is 0 Å². The van der Waals surface area contributed by atoms with Crippen molar-refractivity contribution in [1.82, 2.24) is 5.32 Å². The van der Waals surface area contributed by atoms with E-state index >= 15 is 0 Å². The van der Waals surface area contributed by atoms with Gasteiger partial charge in [-0.2, -0.15) is 0 Å². The van der Waals surface area contributed by atoms with Crippen molar-refractivity contribution >= 4 is 5.69 Å². The topological polar surface area (TPSA) is 15.3 Å². The van der Waals surface area contributed by atoms with Gasteiger partial charge in [0.2, 0.25) is 0 Å². The monoisotopic (exact) mass is 236 g/mol. The van der Waals surface area contributed by atoms with Crippen molar-refractivity contribution in [2.24, 2.45) is 0 Å². The molecule has 0 saturated carbocycles. The molecule has 1 atom stereocenters. The Morgan fingerprint density at radius 3 is 3.00 bits per heavy atom. The van der Waals surface area contributed by atoms with Crippen LogP contribution in [0.1, 0.15) is 31.0 Å². The number of hydrogen-bond donors (Lipinski definition) is 1. The van der Waals surface area contributed by atoms with Crippen LogP contribution in [0, 0.1) is 0 Å². The minimum Gasteiger partial charge on any atom is -0.368 e. The largest absolute Gasteiger partial charge is 0.368 e. The first kappa shape index (κ1) is 12.4. The number of halogens is 1. The third-order valence-corrected chi connectivity index (χ3v) is 3.46. The summed E-state index contributed by atoms with van der Waals surface area (Å²) >= 11 is 0. The lowest BCUT2D eigenvalue weighted by atomic mass is 10.0. The summed E-state index contributed by atoms with van der Waals surface area (Å²) < 4.78 is 12.4. The van der Waals surface area contributed by atoms with Crippen LogP contribution in [0.5, 0.6) is 0 Å². The predicted molar refractivity (Wildman–Crippen MR) is 70.4 cm³/mol. The van der Waals surface area contributed by atoms with Crippen LogP contribution in [0.25, 0.3) is 0 Å². The molecular formula is C14H21FN2. The van der Waals surface area contributed by atoms with Crippen LogP contribution in [-0.4, -0.2) is 26.3 Å². The second-order valence-electron chi connectivity index (χ2n) is 4.59. The van der Waals surface area contributed by atoms with Crippen LogP contribution < -0.4 is 10.2 Å². The average molecular weight is 236 g/mol. The van der Waals surface area contributed by atoms with Crippen molar-refractivity contribution in [3.63, 3.8) is 0 Å². The van der Waals surface area contributed by atoms with E-state index in [2.05, 4.69) is 42.3 Å². The van der Waals surface area contributed by atoms with E-state index in [1.165, 1.54) is 16.8 Å². The lowest BCUT2D eigenvalue weighted by Crippen LogP contribution is -2.22. The minimum absolute atomic E-state index is 0.269. The summed E-state index contributed by atoms with van der Waals surface area (Å²) in [4.78, 5) is 2.14. The van der Waals surface area contributed by atoms with E-state index in [0.29, 0.717) is 12.6 Å². The van der Waals surface area contributed by atoms with Gasteiger partial charge in [-0.15, -0.1) is 0 Å². The van der Waals surface area contributed by atoms with Gasteiger partial charge in [0.25, 0.3) is 0 Å². The lowest BCUT2D eigenvalue weighted by Gasteiger charge is -2.18. The molecule has 1 aliphatic heterocycles. The van der Waals surface area contributed by atoms with Gasteiger partial charge in [-0.05, 0) is 37.1 Å². The second kappa shape index (κ2) is 5.50. The van der Waals surface area contributed by atoms with Gasteiger partial charge in [0.1, 0.15) is 6.67 Å². The van der Waals surface area contributed by atoms with Crippen LogP contribution >= 0.6 is 0 Å². The molecule has 0 spiro atoms. The number of anilines is 1. The van der Waals surface area contributed by atoms with E-state index in [9.17, 15) is 4.39 Å². The van der Waals surface area contributed by atoms with Crippen molar-refractivity contribution in [3.8, 4) is 0 Å². The number of fused-ring (bicyclic) bond motifs is 1. The van der Waals surface area contributed by atoms with E-state index in [-0.39, 0.29) is 6.67 Å². The van der Waals surface area contributed by atoms with Crippen LogP contribution in [0.3, 0.4) is 0 Å². The molecule has 0 fully saturated rings. The molecule has 2 nitrogen and oxygen atoms in total. The summed E-state index contributed by atoms with van der Waals surface area (Å²) in [5, 5.41) is 3.42. The first-order valence-electron chi connectivity index (χ1n) is 6.43. The molecule has 17 heavy (non-hydrogen) atoms. The minimum atomic E-state index is -0.269. The quantitative estimate of drug-likeness (QED) is 0.845. The molecule has 0 radical (unpaired) electrons. The van der Waals surface area contributed by atoms with E-state index in [1.54, 1.807) is 0 Å². The second-order valence-corrected chi connectivity index (χ2v) is 4.59. The molecule has 0 aromatic heterocycles. The standard InChI is InChI=1S/C14H21FN2/c1-3-16-11(2)12-4-5-14-13(10-12)6-8-17(14)9-7-15/h4-5,10-11,16H,3,6-9H2,1-2H3. The number of alkyl halides is 1. The number of nitrogens with one attached hydrogen (secondary N) is 1. The van der Waals surface area contributed by atoms with E-state index in [1.807, 2.05) is 0 Å². The smallest absolute Gasteiger partial charge is 0.107 e. The molecular weight excluding hydrogens is 215 g/mol. The molecule has 0 amide bonds. The van der Waals surface area contributed by atoms with Gasteiger partial charge in [0.15, 0.2) is 0 Å². The Kier molecular flexibility index (Phi) is 4.00. The van der Waals surface area contributed by atoms with Crippen molar-refractivity contribution in [3.05, 3.63) is 29.3 Å². The number of rotatable bonds is 5. The van der Waals surface area contributed by atoms with Gasteiger partial charge in [-0.1, -0.05) is 19.1 Å². The Hall–Kier alpha value is -1.09. The molecule has 1 aliphatic rings. The van der Waals surface area contributed by atoms with Gasteiger partial charge in [0, 0.05) is 24.8 Å². The third-order valence-electron chi connectivity index (χ3n) is 3.46. The fourth-order valence-electron chi connectivity index (χ4n) is 2.52. The Morgan fingerprint density at radius 2 is 2.29 bits per heavy atom. The molecule has 1 unspecified atom stereocenters. The average Bonchev–Trinajstić information content (AvgIpc) is 2.73. The van der Waals surface area contributed by atoms with Crippen LogP contribution in [0.4, 0.5) is 10.1 Å². The lowest BCUT2D eigenvalue weighted by molar-refractivity contribution is 0.493. The zero-order valence-electron chi connectivity index (χ0n) is 10.7. The maximum absolute atomic E-state index is 12.4. The Bertz CT molecular complexity index is 378. The molecule has 1 heterocycles. The Balaban J connectivity index is 2.16. The highest BCUT2D eigenvalue weighted by molar-refractivity contribution is 5.59. The molecule has 0 aliphatic carbocycles. The Morgan fingerprint density at radius 1 is 1.47 bits per heavy atom. The SMILES string of the molecule is CCNC(C)c1ccc2c(c1)CCN2CCF. The summed E-state index contributed by atoms with van der Waals surface area (Å²) in [5.74, 6) is 0. The fourth-order valence-corrected chi connectivity index (χ4v) is 2.52. The molecule has 0 saturated heterocycles. The maximum Gasteiger partial charge on any atom is 0.107 e. The van der Waals surface area contributed by atoms with Gasteiger partial charge in [-0.3, -0.25) is 0 Å². The van der Waals surface area contributed by atoms with E-state index in [0.717, 1.165) is 19.5 Å². The van der Waals surface area contributed by atoms with Gasteiger partial charge in [0.05, 0.1) is 0 Å². The summed E-state index contributed by atoms with van der Waals surface area (Å²) in [5.41, 5.74) is 3.91. The number of hydrogen-bond acceptors (Lipinski definition) is 2. The number of nitrogens with zero attached hydrogens (tertiary/aromatic N) is 1. The number of benzene rings is 1. The van der Waals surface area contributed by atoms with Gasteiger partial charge in [-0.25, -0.2) is 4.39 Å². The summed E-state index contributed by atoms with van der Waals surface area (Å²) in [7, 11) is 0. The normalized spacial score (nSPS) is 16.1. The van der Waals surface area contributed by atoms with E-state index in [4.69, 9.17) is 0 Å². The Labute approximate surface area is 103 Å². The molecule has 1 N–H and O–H groups in total. The zero-order valence-corrected chi connectivity index (χ0v) is 10.7. The zero-order chi connectivity index (χ0) is 12.3. The van der Waals surface area contributed by atoms with Crippen molar-refractivity contribution in [1.29, 1.82) is 0 Å². The van der Waals surface area contributed by atoms with Crippen LogP contribution in [-0.2, 0) is 6.42 Å². The fraction of sp³-hybridized carbons (Fsp3) is 0.571. The molecule has 2 rings (SSSR count). The molecule has 1 aromatic carbocycles. The third kappa shape index (κ3) is 2.60. The van der Waals surface area contributed by atoms with Gasteiger partial charge < -0.3 is 10.2 Å². The highest BCUT2D eigenvalue weighted by Gasteiger charge is 2.19. The van der Waals surface area contributed by atoms with Crippen molar-refractivity contribution < 1.29 is 4.39 Å². The highest BCUT2D eigenvalue weighted by Crippen LogP contribution is 2.30. The summed E-state index contributed by atoms with van der Waals surface area (Å²) in [6.07, 6.45) is 1.04. The highest BCUT2D eigenvalue weighted by atomic mass is 19.1. The first-order chi connectivity index (χ1) is 8.26. The van der Waals surface area contributed by atoms with Crippen molar-refractivity contribution in [2.75, 3.05) is 31.2 Å². The molecule has 0 bridgehead atoms. The van der Waals surface area contributed by atoms with Crippen molar-refractivity contribution in [2.45, 2.75) is 26.3 Å².